The van der Waals surface area contributed by atoms with Crippen LogP contribution in [0, 0.1) is 0 Å². The van der Waals surface area contributed by atoms with Crippen LogP contribution in [0.4, 0.5) is 0 Å². The Morgan fingerprint density at radius 2 is 2.06 bits per heavy atom. The van der Waals surface area contributed by atoms with Crippen molar-refractivity contribution in [3.63, 3.8) is 0 Å². The van der Waals surface area contributed by atoms with E-state index < -0.39 is 0 Å². The highest BCUT2D eigenvalue weighted by molar-refractivity contribution is 9.11. The van der Waals surface area contributed by atoms with Crippen LogP contribution >= 0.6 is 55.8 Å². The first kappa shape index (κ1) is 14.0. The van der Waals surface area contributed by atoms with Gasteiger partial charge in [0.1, 0.15) is 5.75 Å². The normalized spacial score (nSPS) is 16.0. The molecule has 0 aliphatic carbocycles. The van der Waals surface area contributed by atoms with Gasteiger partial charge in [-0.25, -0.2) is 0 Å². The molecule has 1 fully saturated rings. The Bertz CT molecular complexity index is 524. The van der Waals surface area contributed by atoms with E-state index in [1.165, 1.54) is 23.0 Å². The number of benzene rings is 1. The zero-order chi connectivity index (χ0) is 13.3. The average molecular weight is 410 g/mol. The number of nitrogens with zero attached hydrogens (tertiary/aromatic N) is 2. The van der Waals surface area contributed by atoms with Crippen molar-refractivity contribution in [2.24, 2.45) is 5.10 Å². The van der Waals surface area contributed by atoms with Crippen molar-refractivity contribution in [1.82, 2.24) is 5.01 Å². The number of rotatable bonds is 2. The molecule has 1 amide bonds. The van der Waals surface area contributed by atoms with E-state index in [9.17, 15) is 9.90 Å². The van der Waals surface area contributed by atoms with Gasteiger partial charge in [-0.1, -0.05) is 24.0 Å². The highest BCUT2D eigenvalue weighted by atomic mass is 79.9. The van der Waals surface area contributed by atoms with E-state index in [1.807, 2.05) is 0 Å². The first-order chi connectivity index (χ1) is 8.49. The Balaban J connectivity index is 2.24. The van der Waals surface area contributed by atoms with Gasteiger partial charge in [-0.15, -0.1) is 0 Å². The summed E-state index contributed by atoms with van der Waals surface area (Å²) in [6.45, 7) is 0. The van der Waals surface area contributed by atoms with Gasteiger partial charge in [0, 0.05) is 0 Å². The Kier molecular flexibility index (Phi) is 4.41. The van der Waals surface area contributed by atoms with Crippen molar-refractivity contribution in [3.05, 3.63) is 26.6 Å². The number of halogens is 2. The van der Waals surface area contributed by atoms with Crippen LogP contribution < -0.4 is 0 Å². The SMILES string of the molecule is O=C1CSC(=S)N1N=Cc1cc(Br)c(O)c(Br)c1. The van der Waals surface area contributed by atoms with E-state index in [4.69, 9.17) is 12.2 Å². The van der Waals surface area contributed by atoms with Crippen molar-refractivity contribution in [2.75, 3.05) is 5.75 Å². The molecule has 0 atom stereocenters. The van der Waals surface area contributed by atoms with E-state index in [-0.39, 0.29) is 11.7 Å². The lowest BCUT2D eigenvalue weighted by molar-refractivity contribution is -0.123. The molecule has 0 unspecified atom stereocenters. The third-order valence-electron chi connectivity index (χ3n) is 2.09. The predicted molar refractivity (Wildman–Crippen MR) is 83.0 cm³/mol. The van der Waals surface area contributed by atoms with E-state index in [0.717, 1.165) is 5.56 Å². The molecule has 1 aliphatic heterocycles. The van der Waals surface area contributed by atoms with Crippen molar-refractivity contribution in [3.8, 4) is 5.75 Å². The number of hydrogen-bond acceptors (Lipinski definition) is 5. The molecule has 1 aromatic rings. The molecular formula is C10H6Br2N2O2S2. The second-order valence-corrected chi connectivity index (χ2v) is 6.66. The molecule has 94 valence electrons. The number of carbonyl (C=O) groups is 1. The Morgan fingerprint density at radius 3 is 2.56 bits per heavy atom. The Morgan fingerprint density at radius 1 is 1.44 bits per heavy atom. The number of hydrazone groups is 1. The summed E-state index contributed by atoms with van der Waals surface area (Å²) in [5.41, 5.74) is 0.735. The van der Waals surface area contributed by atoms with E-state index in [2.05, 4.69) is 37.0 Å². The van der Waals surface area contributed by atoms with Crippen LogP contribution in [0.25, 0.3) is 0 Å². The summed E-state index contributed by atoms with van der Waals surface area (Å²) in [6.07, 6.45) is 1.52. The summed E-state index contributed by atoms with van der Waals surface area (Å²) >= 11 is 12.7. The number of aromatic hydroxyl groups is 1. The van der Waals surface area contributed by atoms with Gasteiger partial charge in [0.15, 0.2) is 4.32 Å². The second-order valence-electron chi connectivity index (χ2n) is 3.34. The molecule has 1 heterocycles. The number of hydrogen-bond donors (Lipinski definition) is 1. The summed E-state index contributed by atoms with van der Waals surface area (Å²) < 4.78 is 1.54. The molecule has 2 rings (SSSR count). The number of thioether (sulfide) groups is 1. The maximum atomic E-state index is 11.4. The van der Waals surface area contributed by atoms with Crippen LogP contribution in [0.15, 0.2) is 26.2 Å². The largest absolute Gasteiger partial charge is 0.506 e. The summed E-state index contributed by atoms with van der Waals surface area (Å²) in [4.78, 5) is 11.4. The van der Waals surface area contributed by atoms with Gasteiger partial charge in [-0.3, -0.25) is 4.79 Å². The Labute approximate surface area is 130 Å². The van der Waals surface area contributed by atoms with Crippen molar-refractivity contribution < 1.29 is 9.90 Å². The van der Waals surface area contributed by atoms with Crippen LogP contribution in [0.5, 0.6) is 5.75 Å². The standard InChI is InChI=1S/C10H6Br2N2O2S2/c11-6-1-5(2-7(12)9(6)16)3-13-14-8(15)4-18-10(14)17/h1-3,16H,4H2. The number of amides is 1. The van der Waals surface area contributed by atoms with Crippen LogP contribution in [-0.2, 0) is 4.79 Å². The number of phenolic OH excluding ortho intramolecular Hbond substituents is 1. The van der Waals surface area contributed by atoms with Crippen molar-refractivity contribution in [1.29, 1.82) is 0 Å². The molecule has 0 bridgehead atoms. The molecule has 4 nitrogen and oxygen atoms in total. The molecule has 8 heteroatoms. The molecule has 1 N–H and O–H groups in total. The maximum Gasteiger partial charge on any atom is 0.259 e. The van der Waals surface area contributed by atoms with Gasteiger partial charge < -0.3 is 5.11 Å². The molecular weight excluding hydrogens is 404 g/mol. The monoisotopic (exact) mass is 408 g/mol. The lowest BCUT2D eigenvalue weighted by Gasteiger charge is -2.07. The highest BCUT2D eigenvalue weighted by Gasteiger charge is 2.25. The molecule has 0 radical (unpaired) electrons. The quantitative estimate of drug-likeness (QED) is 0.602. The van der Waals surface area contributed by atoms with Crippen LogP contribution in [0.2, 0.25) is 0 Å². The van der Waals surface area contributed by atoms with Gasteiger partial charge >= 0.3 is 0 Å². The molecule has 18 heavy (non-hydrogen) atoms. The first-order valence-corrected chi connectivity index (χ1v) is 7.68. The molecule has 1 aromatic carbocycles. The summed E-state index contributed by atoms with van der Waals surface area (Å²) in [5, 5.41) is 14.8. The fraction of sp³-hybridized carbons (Fsp3) is 0.100. The molecule has 1 saturated heterocycles. The molecule has 0 aromatic heterocycles. The number of phenols is 1. The van der Waals surface area contributed by atoms with Gasteiger partial charge in [-0.05, 0) is 49.6 Å². The van der Waals surface area contributed by atoms with Gasteiger partial charge in [0.25, 0.3) is 5.91 Å². The Hall–Kier alpha value is -0.440. The average Bonchev–Trinajstić information content (AvgIpc) is 2.63. The third kappa shape index (κ3) is 2.93. The third-order valence-corrected chi connectivity index (χ3v) is 4.64. The minimum atomic E-state index is -0.127. The highest BCUT2D eigenvalue weighted by Crippen LogP contribution is 2.32. The van der Waals surface area contributed by atoms with E-state index >= 15 is 0 Å². The molecule has 0 spiro atoms. The first-order valence-electron chi connectivity index (χ1n) is 4.70. The van der Waals surface area contributed by atoms with Crippen LogP contribution in [0.1, 0.15) is 5.56 Å². The minimum Gasteiger partial charge on any atom is -0.506 e. The predicted octanol–water partition coefficient (Wildman–Crippen LogP) is 3.11. The van der Waals surface area contributed by atoms with Gasteiger partial charge in [-0.2, -0.15) is 10.1 Å². The van der Waals surface area contributed by atoms with Gasteiger partial charge in [0.2, 0.25) is 0 Å². The van der Waals surface area contributed by atoms with E-state index in [0.29, 0.717) is 19.0 Å². The topological polar surface area (TPSA) is 52.9 Å². The number of carbonyl (C=O) groups excluding carboxylic acids is 1. The number of thiocarbonyl (C=S) groups is 1. The van der Waals surface area contributed by atoms with Crippen LogP contribution in [0.3, 0.4) is 0 Å². The summed E-state index contributed by atoms with van der Waals surface area (Å²) in [6, 6.07) is 3.39. The summed E-state index contributed by atoms with van der Waals surface area (Å²) in [7, 11) is 0. The maximum absolute atomic E-state index is 11.4. The minimum absolute atomic E-state index is 0.121. The van der Waals surface area contributed by atoms with Crippen LogP contribution in [-0.4, -0.2) is 32.3 Å². The van der Waals surface area contributed by atoms with Crippen molar-refractivity contribution in [2.45, 2.75) is 0 Å². The fourth-order valence-corrected chi connectivity index (χ4v) is 3.43. The zero-order valence-corrected chi connectivity index (χ0v) is 13.6. The lowest BCUT2D eigenvalue weighted by atomic mass is 10.2. The van der Waals surface area contributed by atoms with E-state index in [1.54, 1.807) is 12.1 Å². The molecule has 1 aliphatic rings. The molecule has 0 saturated carbocycles. The smallest absolute Gasteiger partial charge is 0.259 e. The lowest BCUT2D eigenvalue weighted by Crippen LogP contribution is -2.22. The van der Waals surface area contributed by atoms with Gasteiger partial charge in [0.05, 0.1) is 20.9 Å². The second kappa shape index (κ2) is 5.68. The summed E-state index contributed by atoms with van der Waals surface area (Å²) in [5.74, 6) is 0.327. The van der Waals surface area contributed by atoms with Crippen molar-refractivity contribution >= 4 is 72.3 Å². The zero-order valence-electron chi connectivity index (χ0n) is 8.76. The fourth-order valence-electron chi connectivity index (χ4n) is 1.24.